The first kappa shape index (κ1) is 10.5. The quantitative estimate of drug-likeness (QED) is 0.765. The largest absolute Gasteiger partial charge is 0.288 e. The molecular formula is C11H6BrFOS. The summed E-state index contributed by atoms with van der Waals surface area (Å²) < 4.78 is 13.6. The van der Waals surface area contributed by atoms with Crippen LogP contribution in [0.3, 0.4) is 0 Å². The molecule has 76 valence electrons. The summed E-state index contributed by atoms with van der Waals surface area (Å²) in [5.74, 6) is -0.561. The SMILES string of the molecule is O=C(c1ccc(Br)c(F)c1)c1cccs1. The lowest BCUT2D eigenvalue weighted by Gasteiger charge is -1.99. The van der Waals surface area contributed by atoms with Gasteiger partial charge >= 0.3 is 0 Å². The summed E-state index contributed by atoms with van der Waals surface area (Å²) in [6.45, 7) is 0. The van der Waals surface area contributed by atoms with Crippen LogP contribution in [0.25, 0.3) is 0 Å². The van der Waals surface area contributed by atoms with Crippen LogP contribution in [0, 0.1) is 5.82 Å². The molecule has 0 radical (unpaired) electrons. The average Bonchev–Trinajstić information content (AvgIpc) is 2.74. The number of carbonyl (C=O) groups excluding carboxylic acids is 1. The van der Waals surface area contributed by atoms with E-state index < -0.39 is 5.82 Å². The number of hydrogen-bond acceptors (Lipinski definition) is 2. The van der Waals surface area contributed by atoms with Crippen LogP contribution in [-0.2, 0) is 0 Å². The summed E-state index contributed by atoms with van der Waals surface area (Å²) in [5, 5.41) is 1.82. The van der Waals surface area contributed by atoms with E-state index in [-0.39, 0.29) is 5.78 Å². The normalized spacial score (nSPS) is 10.3. The third-order valence-electron chi connectivity index (χ3n) is 1.93. The smallest absolute Gasteiger partial charge is 0.203 e. The molecule has 1 heterocycles. The van der Waals surface area contributed by atoms with Gasteiger partial charge in [0, 0.05) is 5.56 Å². The molecular weight excluding hydrogens is 279 g/mol. The van der Waals surface area contributed by atoms with Crippen LogP contribution in [-0.4, -0.2) is 5.78 Å². The number of halogens is 2. The van der Waals surface area contributed by atoms with E-state index in [2.05, 4.69) is 15.9 Å². The van der Waals surface area contributed by atoms with E-state index in [1.807, 2.05) is 5.38 Å². The monoisotopic (exact) mass is 284 g/mol. The van der Waals surface area contributed by atoms with Gasteiger partial charge < -0.3 is 0 Å². The Bertz CT molecular complexity index is 493. The van der Waals surface area contributed by atoms with Crippen molar-refractivity contribution in [2.75, 3.05) is 0 Å². The number of benzene rings is 1. The molecule has 0 atom stereocenters. The molecule has 4 heteroatoms. The molecule has 0 amide bonds. The lowest BCUT2D eigenvalue weighted by Crippen LogP contribution is -1.99. The zero-order chi connectivity index (χ0) is 10.8. The summed E-state index contributed by atoms with van der Waals surface area (Å²) in [6.07, 6.45) is 0. The van der Waals surface area contributed by atoms with Crippen molar-refractivity contribution in [1.82, 2.24) is 0 Å². The van der Waals surface area contributed by atoms with Crippen LogP contribution < -0.4 is 0 Å². The van der Waals surface area contributed by atoms with Crippen molar-refractivity contribution in [2.45, 2.75) is 0 Å². The molecule has 15 heavy (non-hydrogen) atoms. The topological polar surface area (TPSA) is 17.1 Å². The Kier molecular flexibility index (Phi) is 2.98. The zero-order valence-electron chi connectivity index (χ0n) is 7.54. The highest BCUT2D eigenvalue weighted by Crippen LogP contribution is 2.20. The van der Waals surface area contributed by atoms with E-state index in [4.69, 9.17) is 0 Å². The summed E-state index contributed by atoms with van der Waals surface area (Å²) in [5.41, 5.74) is 0.373. The first-order valence-electron chi connectivity index (χ1n) is 4.22. The minimum Gasteiger partial charge on any atom is -0.288 e. The predicted octanol–water partition coefficient (Wildman–Crippen LogP) is 3.88. The molecule has 0 fully saturated rings. The minimum atomic E-state index is -0.419. The maximum absolute atomic E-state index is 13.2. The molecule has 0 aliphatic carbocycles. The molecule has 0 unspecified atom stereocenters. The number of ketones is 1. The number of thiophene rings is 1. The Morgan fingerprint density at radius 3 is 2.73 bits per heavy atom. The maximum atomic E-state index is 13.2. The van der Waals surface area contributed by atoms with Crippen molar-refractivity contribution in [3.63, 3.8) is 0 Å². The summed E-state index contributed by atoms with van der Waals surface area (Å²) in [4.78, 5) is 12.4. The van der Waals surface area contributed by atoms with Gasteiger partial charge in [-0.05, 0) is 45.6 Å². The van der Waals surface area contributed by atoms with Crippen LogP contribution in [0.5, 0.6) is 0 Å². The molecule has 2 aromatic rings. The van der Waals surface area contributed by atoms with Gasteiger partial charge in [0.1, 0.15) is 5.82 Å². The van der Waals surface area contributed by atoms with E-state index in [0.717, 1.165) is 0 Å². The molecule has 0 saturated carbocycles. The van der Waals surface area contributed by atoms with E-state index >= 15 is 0 Å². The fourth-order valence-corrected chi connectivity index (χ4v) is 2.12. The van der Waals surface area contributed by atoms with E-state index in [9.17, 15) is 9.18 Å². The lowest BCUT2D eigenvalue weighted by atomic mass is 10.1. The Labute approximate surface area is 98.7 Å². The van der Waals surface area contributed by atoms with Gasteiger partial charge in [-0.2, -0.15) is 0 Å². The first-order chi connectivity index (χ1) is 7.18. The summed E-state index contributed by atoms with van der Waals surface area (Å²) in [7, 11) is 0. The highest BCUT2D eigenvalue weighted by atomic mass is 79.9. The van der Waals surface area contributed by atoms with Crippen LogP contribution in [0.2, 0.25) is 0 Å². The second-order valence-electron chi connectivity index (χ2n) is 2.94. The van der Waals surface area contributed by atoms with Crippen LogP contribution in [0.15, 0.2) is 40.2 Å². The molecule has 1 nitrogen and oxygen atoms in total. The number of carbonyl (C=O) groups is 1. The van der Waals surface area contributed by atoms with Crippen LogP contribution in [0.4, 0.5) is 4.39 Å². The average molecular weight is 285 g/mol. The van der Waals surface area contributed by atoms with Gasteiger partial charge in [-0.15, -0.1) is 11.3 Å². The minimum absolute atomic E-state index is 0.142. The van der Waals surface area contributed by atoms with Crippen LogP contribution >= 0.6 is 27.3 Å². The highest BCUT2D eigenvalue weighted by Gasteiger charge is 2.11. The Balaban J connectivity index is 2.39. The number of hydrogen-bond donors (Lipinski definition) is 0. The van der Waals surface area contributed by atoms with Crippen molar-refractivity contribution in [1.29, 1.82) is 0 Å². The third kappa shape index (κ3) is 2.16. The molecule has 0 bridgehead atoms. The molecule has 0 saturated heterocycles. The third-order valence-corrected chi connectivity index (χ3v) is 3.44. The van der Waals surface area contributed by atoms with Crippen molar-refractivity contribution in [2.24, 2.45) is 0 Å². The summed E-state index contributed by atoms with van der Waals surface area (Å²) >= 11 is 4.40. The maximum Gasteiger partial charge on any atom is 0.203 e. The molecule has 0 spiro atoms. The van der Waals surface area contributed by atoms with Crippen LogP contribution in [0.1, 0.15) is 15.2 Å². The Hall–Kier alpha value is -1.00. The molecule has 0 N–H and O–H groups in total. The molecule has 1 aromatic carbocycles. The van der Waals surface area contributed by atoms with Gasteiger partial charge in [0.2, 0.25) is 5.78 Å². The fraction of sp³-hybridized carbons (Fsp3) is 0. The van der Waals surface area contributed by atoms with Crippen molar-refractivity contribution < 1.29 is 9.18 Å². The zero-order valence-corrected chi connectivity index (χ0v) is 9.94. The van der Waals surface area contributed by atoms with Crippen molar-refractivity contribution in [3.05, 3.63) is 56.4 Å². The second-order valence-corrected chi connectivity index (χ2v) is 4.74. The van der Waals surface area contributed by atoms with Gasteiger partial charge in [0.05, 0.1) is 9.35 Å². The van der Waals surface area contributed by atoms with Crippen molar-refractivity contribution in [3.8, 4) is 0 Å². The van der Waals surface area contributed by atoms with E-state index in [1.165, 1.54) is 23.5 Å². The van der Waals surface area contributed by atoms with Crippen molar-refractivity contribution >= 4 is 33.0 Å². The molecule has 0 aliphatic rings. The Morgan fingerprint density at radius 2 is 2.13 bits per heavy atom. The number of rotatable bonds is 2. The molecule has 2 rings (SSSR count). The Morgan fingerprint density at radius 1 is 1.33 bits per heavy atom. The first-order valence-corrected chi connectivity index (χ1v) is 5.89. The molecule has 0 aliphatic heterocycles. The van der Waals surface area contributed by atoms with Gasteiger partial charge in [-0.1, -0.05) is 6.07 Å². The van der Waals surface area contributed by atoms with Gasteiger partial charge in [-0.3, -0.25) is 4.79 Å². The highest BCUT2D eigenvalue weighted by molar-refractivity contribution is 9.10. The van der Waals surface area contributed by atoms with Gasteiger partial charge in [0.25, 0.3) is 0 Å². The fourth-order valence-electron chi connectivity index (χ4n) is 1.19. The van der Waals surface area contributed by atoms with Gasteiger partial charge in [0.15, 0.2) is 0 Å². The predicted molar refractivity (Wildman–Crippen MR) is 61.9 cm³/mol. The van der Waals surface area contributed by atoms with E-state index in [0.29, 0.717) is 14.9 Å². The van der Waals surface area contributed by atoms with E-state index in [1.54, 1.807) is 18.2 Å². The summed E-state index contributed by atoms with van der Waals surface area (Å²) in [6, 6.07) is 7.91. The molecule has 1 aromatic heterocycles. The lowest BCUT2D eigenvalue weighted by molar-refractivity contribution is 0.104. The van der Waals surface area contributed by atoms with Gasteiger partial charge in [-0.25, -0.2) is 4.39 Å². The standard InChI is InChI=1S/C11H6BrFOS/c12-8-4-3-7(6-9(8)13)11(14)10-2-1-5-15-10/h1-6H. The second kappa shape index (κ2) is 4.24.